The Bertz CT molecular complexity index is 1600. The summed E-state index contributed by atoms with van der Waals surface area (Å²) in [6, 6.07) is 7.33. The lowest BCUT2D eigenvalue weighted by molar-refractivity contribution is -0.0307. The van der Waals surface area contributed by atoms with E-state index in [1.165, 1.54) is 12.1 Å². The lowest BCUT2D eigenvalue weighted by Crippen LogP contribution is -2.51. The number of fused-ring (bicyclic) bond motifs is 1. The molecule has 2 fully saturated rings. The van der Waals surface area contributed by atoms with Crippen LogP contribution in [0.2, 0.25) is 0 Å². The minimum absolute atomic E-state index is 0.0263. The van der Waals surface area contributed by atoms with E-state index in [0.717, 1.165) is 59.9 Å². The maximum atomic E-state index is 14.5. The van der Waals surface area contributed by atoms with Crippen molar-refractivity contribution >= 4 is 26.8 Å². The van der Waals surface area contributed by atoms with Gasteiger partial charge in [-0.25, -0.2) is 26.3 Å². The van der Waals surface area contributed by atoms with E-state index >= 15 is 0 Å². The third-order valence-corrected chi connectivity index (χ3v) is 10.0. The van der Waals surface area contributed by atoms with Crippen LogP contribution in [0.4, 0.5) is 13.2 Å². The summed E-state index contributed by atoms with van der Waals surface area (Å²) in [5.74, 6) is -1.02. The maximum absolute atomic E-state index is 14.5. The molecule has 0 bridgehead atoms. The smallest absolute Gasteiger partial charge is 0.255 e. The average molecular weight is 636 g/mol. The number of amides is 1. The van der Waals surface area contributed by atoms with Gasteiger partial charge in [0.2, 0.25) is 10.0 Å². The van der Waals surface area contributed by atoms with Crippen LogP contribution in [0.5, 0.6) is 0 Å². The topological polar surface area (TPSA) is 96.8 Å². The van der Waals surface area contributed by atoms with Crippen molar-refractivity contribution in [1.29, 1.82) is 0 Å². The highest BCUT2D eigenvalue weighted by Gasteiger charge is 2.33. The number of rotatable bonds is 11. The number of likely N-dealkylation sites (tertiary alicyclic amines) is 1. The molecule has 9 nitrogen and oxygen atoms in total. The molecule has 240 valence electrons. The van der Waals surface area contributed by atoms with Crippen LogP contribution in [0.3, 0.4) is 0 Å². The van der Waals surface area contributed by atoms with Gasteiger partial charge in [0.25, 0.3) is 12.3 Å². The van der Waals surface area contributed by atoms with Gasteiger partial charge in [0.1, 0.15) is 5.82 Å². The second-order valence-corrected chi connectivity index (χ2v) is 14.1. The van der Waals surface area contributed by atoms with Gasteiger partial charge in [0, 0.05) is 50.1 Å². The van der Waals surface area contributed by atoms with Crippen molar-refractivity contribution < 1.29 is 31.1 Å². The molecule has 1 N–H and O–H groups in total. The number of sulfonamides is 1. The van der Waals surface area contributed by atoms with Gasteiger partial charge < -0.3 is 9.64 Å². The highest BCUT2D eigenvalue weighted by atomic mass is 32.2. The number of alkyl halides is 2. The van der Waals surface area contributed by atoms with E-state index < -0.39 is 40.8 Å². The molecule has 0 unspecified atom stereocenters. The number of nitrogens with one attached hydrogen (secondary N) is 1. The van der Waals surface area contributed by atoms with Gasteiger partial charge in [-0.2, -0.15) is 5.10 Å². The van der Waals surface area contributed by atoms with Crippen LogP contribution in [-0.2, 0) is 21.8 Å². The standard InChI is InChI=1S/C31H40F3N5O4S/c1-5-44(41,42)36-23-7-8-24(43-18-23)16-38-14-21(15-38)20-10-26(28-13-35-37(4)29(28)11-20)25-9-6-22(32)12-27(25)31(40)39(19(2)3)17-30(33)34/h6,9-13,19,21,23-24,30,36H,5,7-8,14-18H2,1-4H3/t23-,24+/m1/s1. The van der Waals surface area contributed by atoms with Gasteiger partial charge in [0.15, 0.2) is 0 Å². The van der Waals surface area contributed by atoms with Crippen LogP contribution in [0.15, 0.2) is 36.5 Å². The molecule has 0 aliphatic carbocycles. The first-order chi connectivity index (χ1) is 20.8. The van der Waals surface area contributed by atoms with Gasteiger partial charge in [-0.1, -0.05) is 6.07 Å². The van der Waals surface area contributed by atoms with Gasteiger partial charge in [-0.05, 0) is 74.6 Å². The summed E-state index contributed by atoms with van der Waals surface area (Å²) in [7, 11) is -1.44. The molecule has 1 amide bonds. The van der Waals surface area contributed by atoms with E-state index in [0.29, 0.717) is 17.7 Å². The molecule has 2 aromatic carbocycles. The van der Waals surface area contributed by atoms with E-state index in [1.807, 2.05) is 13.1 Å². The Morgan fingerprint density at radius 3 is 2.55 bits per heavy atom. The Hall–Kier alpha value is -3.00. The Balaban J connectivity index is 1.35. The number of carbonyl (C=O) groups excluding carboxylic acids is 1. The van der Waals surface area contributed by atoms with Crippen molar-refractivity contribution in [2.75, 3.05) is 38.5 Å². The summed E-state index contributed by atoms with van der Waals surface area (Å²) >= 11 is 0. The molecule has 2 aliphatic rings. The number of hydrogen-bond donors (Lipinski definition) is 1. The minimum atomic E-state index is -3.27. The zero-order chi connectivity index (χ0) is 31.8. The Morgan fingerprint density at radius 2 is 1.91 bits per heavy atom. The predicted octanol–water partition coefficient (Wildman–Crippen LogP) is 4.38. The van der Waals surface area contributed by atoms with Crippen molar-refractivity contribution in [3.63, 3.8) is 0 Å². The lowest BCUT2D eigenvalue weighted by atomic mass is 9.86. The van der Waals surface area contributed by atoms with Gasteiger partial charge >= 0.3 is 0 Å². The molecule has 5 rings (SSSR count). The summed E-state index contributed by atoms with van der Waals surface area (Å²) < 4.78 is 75.4. The van der Waals surface area contributed by atoms with E-state index in [4.69, 9.17) is 4.74 Å². The average Bonchev–Trinajstić information content (AvgIpc) is 3.33. The Labute approximate surface area is 256 Å². The van der Waals surface area contributed by atoms with Crippen LogP contribution < -0.4 is 4.72 Å². The minimum Gasteiger partial charge on any atom is -0.375 e. The third kappa shape index (κ3) is 7.11. The fourth-order valence-electron chi connectivity index (χ4n) is 6.09. The number of aryl methyl sites for hydroxylation is 1. The summed E-state index contributed by atoms with van der Waals surface area (Å²) in [4.78, 5) is 17.0. The van der Waals surface area contributed by atoms with E-state index in [9.17, 15) is 26.4 Å². The number of carbonyl (C=O) groups is 1. The number of nitrogens with zero attached hydrogens (tertiary/aromatic N) is 4. The molecular weight excluding hydrogens is 595 g/mol. The van der Waals surface area contributed by atoms with E-state index in [-0.39, 0.29) is 29.4 Å². The van der Waals surface area contributed by atoms with Gasteiger partial charge in [0.05, 0.1) is 42.3 Å². The molecular formula is C31H40F3N5O4S. The molecule has 3 aromatic rings. The molecule has 3 heterocycles. The van der Waals surface area contributed by atoms with Crippen LogP contribution in [0.25, 0.3) is 22.0 Å². The largest absolute Gasteiger partial charge is 0.375 e. The molecule has 2 atom stereocenters. The zero-order valence-corrected chi connectivity index (χ0v) is 26.3. The first kappa shape index (κ1) is 32.4. The molecule has 0 radical (unpaired) electrons. The van der Waals surface area contributed by atoms with Crippen LogP contribution >= 0.6 is 0 Å². The SMILES string of the molecule is CCS(=O)(=O)N[C@@H]1CC[C@@H](CN2CC(c3cc(-c4ccc(F)cc4C(=O)N(CC(F)F)C(C)C)c4cnn(C)c4c3)C2)OC1. The quantitative estimate of drug-likeness (QED) is 0.336. The van der Waals surface area contributed by atoms with E-state index in [1.54, 1.807) is 31.6 Å². The number of aromatic nitrogens is 2. The van der Waals surface area contributed by atoms with Crippen LogP contribution in [-0.4, -0.2) is 97.1 Å². The van der Waals surface area contributed by atoms with Crippen molar-refractivity contribution in [2.24, 2.45) is 7.05 Å². The van der Waals surface area contributed by atoms with Crippen molar-refractivity contribution in [3.8, 4) is 11.1 Å². The normalized spacial score (nSPS) is 20.0. The molecule has 2 saturated heterocycles. The molecule has 0 spiro atoms. The van der Waals surface area contributed by atoms with Crippen LogP contribution in [0.1, 0.15) is 55.5 Å². The highest BCUT2D eigenvalue weighted by molar-refractivity contribution is 7.89. The first-order valence-electron chi connectivity index (χ1n) is 15.0. The Morgan fingerprint density at radius 1 is 1.16 bits per heavy atom. The number of benzene rings is 2. The predicted molar refractivity (Wildman–Crippen MR) is 163 cm³/mol. The summed E-state index contributed by atoms with van der Waals surface area (Å²) in [6.45, 7) is 6.87. The fourth-order valence-corrected chi connectivity index (χ4v) is 6.95. The number of hydrogen-bond acceptors (Lipinski definition) is 6. The maximum Gasteiger partial charge on any atom is 0.255 e. The lowest BCUT2D eigenvalue weighted by Gasteiger charge is -2.42. The number of halogens is 3. The highest BCUT2D eigenvalue weighted by Crippen LogP contribution is 2.38. The summed E-state index contributed by atoms with van der Waals surface area (Å²) in [5, 5.41) is 5.20. The van der Waals surface area contributed by atoms with Crippen molar-refractivity contribution in [1.82, 2.24) is 24.3 Å². The Kier molecular flexibility index (Phi) is 9.69. The van der Waals surface area contributed by atoms with Crippen molar-refractivity contribution in [2.45, 2.75) is 64.1 Å². The van der Waals surface area contributed by atoms with Gasteiger partial charge in [-0.3, -0.25) is 14.4 Å². The number of ether oxygens (including phenoxy) is 1. The second-order valence-electron chi connectivity index (χ2n) is 12.1. The molecule has 0 saturated carbocycles. The molecule has 44 heavy (non-hydrogen) atoms. The second kappa shape index (κ2) is 13.2. The summed E-state index contributed by atoms with van der Waals surface area (Å²) in [5.41, 5.74) is 3.09. The fraction of sp³-hybridized carbons (Fsp3) is 0.548. The third-order valence-electron chi connectivity index (χ3n) is 8.60. The van der Waals surface area contributed by atoms with Gasteiger partial charge in [-0.15, -0.1) is 0 Å². The molecule has 1 aromatic heterocycles. The monoisotopic (exact) mass is 635 g/mol. The van der Waals surface area contributed by atoms with Crippen molar-refractivity contribution in [3.05, 3.63) is 53.5 Å². The van der Waals surface area contributed by atoms with Crippen LogP contribution in [0, 0.1) is 5.82 Å². The first-order valence-corrected chi connectivity index (χ1v) is 16.7. The van der Waals surface area contributed by atoms with E-state index in [2.05, 4.69) is 20.8 Å². The zero-order valence-electron chi connectivity index (χ0n) is 25.5. The summed E-state index contributed by atoms with van der Waals surface area (Å²) in [6.07, 6.45) is 0.503. The molecule has 2 aliphatic heterocycles. The molecule has 13 heteroatoms.